The molecule has 1 heterocycles. The fourth-order valence-corrected chi connectivity index (χ4v) is 3.20. The first-order chi connectivity index (χ1) is 8.99. The van der Waals surface area contributed by atoms with Crippen molar-refractivity contribution < 1.29 is 8.42 Å². The molecule has 1 aromatic carbocycles. The first-order valence-electron chi connectivity index (χ1n) is 5.72. The van der Waals surface area contributed by atoms with E-state index in [-0.39, 0.29) is 4.90 Å². The molecular formula is C12H15N3O2S2. The number of rotatable bonds is 5. The van der Waals surface area contributed by atoms with Crippen molar-refractivity contribution in [3.63, 3.8) is 0 Å². The molecule has 2 aromatic rings. The van der Waals surface area contributed by atoms with Gasteiger partial charge >= 0.3 is 0 Å². The van der Waals surface area contributed by atoms with E-state index in [1.54, 1.807) is 17.6 Å². The summed E-state index contributed by atoms with van der Waals surface area (Å²) in [6, 6.07) is 4.72. The minimum Gasteiger partial charge on any atom is -0.398 e. The summed E-state index contributed by atoms with van der Waals surface area (Å²) < 4.78 is 26.6. The third-order valence-electron chi connectivity index (χ3n) is 2.72. The number of nitrogen functional groups attached to an aromatic ring is 1. The van der Waals surface area contributed by atoms with E-state index in [4.69, 9.17) is 5.73 Å². The van der Waals surface area contributed by atoms with Crippen LogP contribution in [0.25, 0.3) is 0 Å². The summed E-state index contributed by atoms with van der Waals surface area (Å²) in [6.07, 6.45) is 0.573. The van der Waals surface area contributed by atoms with Gasteiger partial charge in [0, 0.05) is 24.0 Å². The SMILES string of the molecule is Cc1ccc(S(=O)(=O)NCCc2cscn2)cc1N. The highest BCUT2D eigenvalue weighted by atomic mass is 32.2. The zero-order valence-electron chi connectivity index (χ0n) is 10.5. The molecule has 0 atom stereocenters. The van der Waals surface area contributed by atoms with Crippen molar-refractivity contribution in [2.45, 2.75) is 18.2 Å². The van der Waals surface area contributed by atoms with Crippen LogP contribution < -0.4 is 10.5 Å². The summed E-state index contributed by atoms with van der Waals surface area (Å²) in [5.74, 6) is 0. The van der Waals surface area contributed by atoms with Gasteiger partial charge in [0.2, 0.25) is 10.0 Å². The highest BCUT2D eigenvalue weighted by Crippen LogP contribution is 2.16. The van der Waals surface area contributed by atoms with Crippen molar-refractivity contribution >= 4 is 27.0 Å². The maximum absolute atomic E-state index is 12.0. The molecule has 3 N–H and O–H groups in total. The van der Waals surface area contributed by atoms with Crippen molar-refractivity contribution in [2.24, 2.45) is 0 Å². The molecule has 0 amide bonds. The van der Waals surface area contributed by atoms with Gasteiger partial charge in [-0.1, -0.05) is 6.07 Å². The molecule has 102 valence electrons. The maximum Gasteiger partial charge on any atom is 0.240 e. The second kappa shape index (κ2) is 5.68. The normalized spacial score (nSPS) is 11.6. The molecule has 0 aliphatic carbocycles. The molecule has 0 radical (unpaired) electrons. The van der Waals surface area contributed by atoms with Crippen molar-refractivity contribution in [1.29, 1.82) is 0 Å². The Labute approximate surface area is 116 Å². The van der Waals surface area contributed by atoms with Gasteiger partial charge in [-0.25, -0.2) is 18.1 Å². The minimum atomic E-state index is -3.51. The molecule has 0 unspecified atom stereocenters. The molecule has 0 saturated heterocycles. The topological polar surface area (TPSA) is 85.1 Å². The van der Waals surface area contributed by atoms with Crippen molar-refractivity contribution in [3.05, 3.63) is 40.3 Å². The summed E-state index contributed by atoms with van der Waals surface area (Å²) in [5.41, 5.74) is 9.67. The third kappa shape index (κ3) is 3.52. The minimum absolute atomic E-state index is 0.189. The first-order valence-corrected chi connectivity index (χ1v) is 8.14. The van der Waals surface area contributed by atoms with Crippen LogP contribution in [0.15, 0.2) is 34.0 Å². The predicted molar refractivity (Wildman–Crippen MR) is 76.6 cm³/mol. The zero-order chi connectivity index (χ0) is 13.9. The molecule has 0 spiro atoms. The van der Waals surface area contributed by atoms with Gasteiger partial charge in [-0.15, -0.1) is 11.3 Å². The van der Waals surface area contributed by atoms with Gasteiger partial charge in [-0.05, 0) is 24.6 Å². The van der Waals surface area contributed by atoms with Crippen LogP contribution in [0.1, 0.15) is 11.3 Å². The van der Waals surface area contributed by atoms with E-state index in [2.05, 4.69) is 9.71 Å². The van der Waals surface area contributed by atoms with Gasteiger partial charge in [0.15, 0.2) is 0 Å². The molecule has 0 aliphatic heterocycles. The average Bonchev–Trinajstić information content (AvgIpc) is 2.85. The van der Waals surface area contributed by atoms with Crippen LogP contribution in [0, 0.1) is 6.92 Å². The van der Waals surface area contributed by atoms with Crippen LogP contribution in [0.3, 0.4) is 0 Å². The molecule has 7 heteroatoms. The molecule has 0 saturated carbocycles. The largest absolute Gasteiger partial charge is 0.398 e. The molecule has 19 heavy (non-hydrogen) atoms. The Morgan fingerprint density at radius 3 is 2.84 bits per heavy atom. The molecule has 2 rings (SSSR count). The van der Waals surface area contributed by atoms with E-state index in [9.17, 15) is 8.42 Å². The van der Waals surface area contributed by atoms with Gasteiger partial charge in [-0.3, -0.25) is 0 Å². The number of sulfonamides is 1. The van der Waals surface area contributed by atoms with Crippen molar-refractivity contribution in [1.82, 2.24) is 9.71 Å². The summed E-state index contributed by atoms with van der Waals surface area (Å²) in [5, 5.41) is 1.90. The predicted octanol–water partition coefficient (Wildman–Crippen LogP) is 1.55. The Bertz CT molecular complexity index is 652. The molecule has 1 aromatic heterocycles. The van der Waals surface area contributed by atoms with Crippen molar-refractivity contribution in [3.8, 4) is 0 Å². The fourth-order valence-electron chi connectivity index (χ4n) is 1.54. The third-order valence-corrected chi connectivity index (χ3v) is 4.81. The van der Waals surface area contributed by atoms with E-state index in [0.29, 0.717) is 18.7 Å². The van der Waals surface area contributed by atoms with Crippen LogP contribution >= 0.6 is 11.3 Å². The number of hydrogen-bond acceptors (Lipinski definition) is 5. The highest BCUT2D eigenvalue weighted by Gasteiger charge is 2.14. The standard InChI is InChI=1S/C12H15N3O2S2/c1-9-2-3-11(6-12(9)13)19(16,17)15-5-4-10-7-18-8-14-10/h2-3,6-8,15H,4-5,13H2,1H3. The number of hydrogen-bond donors (Lipinski definition) is 2. The number of nitrogens with two attached hydrogens (primary N) is 1. The van der Waals surface area contributed by atoms with Gasteiger partial charge in [-0.2, -0.15) is 0 Å². The van der Waals surface area contributed by atoms with Crippen LogP contribution in [-0.2, 0) is 16.4 Å². The molecule has 0 aliphatic rings. The smallest absolute Gasteiger partial charge is 0.240 e. The monoisotopic (exact) mass is 297 g/mol. The van der Waals surface area contributed by atoms with Gasteiger partial charge in [0.05, 0.1) is 16.1 Å². The molecule has 0 bridgehead atoms. The lowest BCUT2D eigenvalue weighted by molar-refractivity contribution is 0.581. The number of anilines is 1. The number of aromatic nitrogens is 1. The Morgan fingerprint density at radius 1 is 1.42 bits per heavy atom. The van der Waals surface area contributed by atoms with Gasteiger partial charge in [0.25, 0.3) is 0 Å². The zero-order valence-corrected chi connectivity index (χ0v) is 12.1. The summed E-state index contributed by atoms with van der Waals surface area (Å²) in [7, 11) is -3.51. The Balaban J connectivity index is 2.03. The second-order valence-corrected chi connectivity index (χ2v) is 6.63. The van der Waals surface area contributed by atoms with E-state index in [1.807, 2.05) is 12.3 Å². The summed E-state index contributed by atoms with van der Waals surface area (Å²) >= 11 is 1.49. The maximum atomic E-state index is 12.0. The molecular weight excluding hydrogens is 282 g/mol. The second-order valence-electron chi connectivity index (χ2n) is 4.15. The van der Waals surface area contributed by atoms with Crippen molar-refractivity contribution in [2.75, 3.05) is 12.3 Å². The van der Waals surface area contributed by atoms with Crippen LogP contribution in [-0.4, -0.2) is 19.9 Å². The first kappa shape index (κ1) is 14.0. The Hall–Kier alpha value is -1.44. The average molecular weight is 297 g/mol. The molecule has 5 nitrogen and oxygen atoms in total. The Morgan fingerprint density at radius 2 is 2.21 bits per heavy atom. The highest BCUT2D eigenvalue weighted by molar-refractivity contribution is 7.89. The summed E-state index contributed by atoms with van der Waals surface area (Å²) in [6.45, 7) is 2.15. The summed E-state index contributed by atoms with van der Waals surface area (Å²) in [4.78, 5) is 4.29. The van der Waals surface area contributed by atoms with Gasteiger partial charge in [0.1, 0.15) is 0 Å². The van der Waals surface area contributed by atoms with Crippen LogP contribution in [0.5, 0.6) is 0 Å². The number of nitrogens with one attached hydrogen (secondary N) is 1. The van der Waals surface area contributed by atoms with E-state index >= 15 is 0 Å². The number of benzene rings is 1. The molecule has 0 fully saturated rings. The Kier molecular flexibility index (Phi) is 4.18. The number of thiazole rings is 1. The number of aryl methyl sites for hydroxylation is 1. The van der Waals surface area contributed by atoms with Crippen LogP contribution in [0.2, 0.25) is 0 Å². The lowest BCUT2D eigenvalue weighted by atomic mass is 10.2. The lowest BCUT2D eigenvalue weighted by Crippen LogP contribution is -2.26. The fraction of sp³-hybridized carbons (Fsp3) is 0.250. The van der Waals surface area contributed by atoms with Gasteiger partial charge < -0.3 is 5.73 Å². The quantitative estimate of drug-likeness (QED) is 0.820. The lowest BCUT2D eigenvalue weighted by Gasteiger charge is -2.08. The van der Waals surface area contributed by atoms with E-state index in [0.717, 1.165) is 11.3 Å². The number of nitrogens with zero attached hydrogens (tertiary/aromatic N) is 1. The van der Waals surface area contributed by atoms with E-state index < -0.39 is 10.0 Å². The van der Waals surface area contributed by atoms with E-state index in [1.165, 1.54) is 17.4 Å². The van der Waals surface area contributed by atoms with Crippen LogP contribution in [0.4, 0.5) is 5.69 Å².